The third kappa shape index (κ3) is 3.42. The monoisotopic (exact) mass is 240 g/mol. The quantitative estimate of drug-likeness (QED) is 0.447. The predicted octanol–water partition coefficient (Wildman–Crippen LogP) is 1.74. The van der Waals surface area contributed by atoms with Crippen molar-refractivity contribution in [3.05, 3.63) is 0 Å². The molecule has 3 unspecified atom stereocenters. The minimum Gasteiger partial charge on any atom is -0.377 e. The van der Waals surface area contributed by atoms with Gasteiger partial charge in [-0.2, -0.15) is 0 Å². The Labute approximate surface area is 103 Å². The molecule has 4 heteroatoms. The molecule has 0 aromatic rings. The predicted molar refractivity (Wildman–Crippen MR) is 66.0 cm³/mol. The van der Waals surface area contributed by atoms with E-state index in [-0.39, 0.29) is 5.91 Å². The molecule has 2 fully saturated rings. The molecule has 0 bridgehead atoms. The zero-order valence-electron chi connectivity index (χ0n) is 10.5. The van der Waals surface area contributed by atoms with E-state index >= 15 is 0 Å². The fourth-order valence-corrected chi connectivity index (χ4v) is 3.46. The molecule has 17 heavy (non-hydrogen) atoms. The van der Waals surface area contributed by atoms with Gasteiger partial charge in [-0.25, -0.2) is 5.84 Å². The van der Waals surface area contributed by atoms with E-state index in [9.17, 15) is 4.79 Å². The van der Waals surface area contributed by atoms with E-state index in [2.05, 4.69) is 5.43 Å². The van der Waals surface area contributed by atoms with Gasteiger partial charge in [0.15, 0.2) is 0 Å². The number of ether oxygens (including phenoxy) is 1. The maximum absolute atomic E-state index is 11.0. The third-order valence-electron chi connectivity index (χ3n) is 4.33. The first kappa shape index (κ1) is 12.8. The van der Waals surface area contributed by atoms with Crippen LogP contribution in [0.2, 0.25) is 0 Å². The Kier molecular flexibility index (Phi) is 4.80. The molecule has 98 valence electrons. The van der Waals surface area contributed by atoms with Gasteiger partial charge in [0.2, 0.25) is 5.91 Å². The number of hydrazine groups is 1. The number of nitrogens with two attached hydrogens (primary N) is 1. The van der Waals surface area contributed by atoms with Gasteiger partial charge in [-0.15, -0.1) is 0 Å². The lowest BCUT2D eigenvalue weighted by atomic mass is 9.69. The summed E-state index contributed by atoms with van der Waals surface area (Å²) in [6, 6.07) is 0. The Hall–Kier alpha value is -0.610. The minimum absolute atomic E-state index is 0.138. The molecule has 3 atom stereocenters. The second-order valence-corrected chi connectivity index (χ2v) is 5.37. The van der Waals surface area contributed by atoms with Gasteiger partial charge in [-0.3, -0.25) is 10.2 Å². The maximum Gasteiger partial charge on any atom is 0.236 e. The van der Waals surface area contributed by atoms with Gasteiger partial charge in [-0.05, 0) is 31.1 Å². The largest absolute Gasteiger partial charge is 0.377 e. The lowest BCUT2D eigenvalue weighted by Gasteiger charge is -2.41. The zero-order chi connectivity index (χ0) is 12.1. The zero-order valence-corrected chi connectivity index (χ0v) is 10.5. The van der Waals surface area contributed by atoms with E-state index in [0.29, 0.717) is 19.1 Å². The van der Waals surface area contributed by atoms with E-state index in [1.165, 1.54) is 44.9 Å². The summed E-state index contributed by atoms with van der Waals surface area (Å²) in [4.78, 5) is 11.0. The van der Waals surface area contributed by atoms with E-state index in [1.54, 1.807) is 0 Å². The summed E-state index contributed by atoms with van der Waals surface area (Å²) in [5, 5.41) is 0. The first-order chi connectivity index (χ1) is 8.31. The molecule has 0 aromatic heterocycles. The first-order valence-corrected chi connectivity index (χ1v) is 6.92. The molecule has 0 radical (unpaired) electrons. The smallest absolute Gasteiger partial charge is 0.236 e. The molecule has 2 aliphatic rings. The van der Waals surface area contributed by atoms with Gasteiger partial charge in [-0.1, -0.05) is 25.7 Å². The lowest BCUT2D eigenvalue weighted by molar-refractivity contribution is -0.123. The van der Waals surface area contributed by atoms with E-state index in [1.807, 2.05) is 0 Å². The molecule has 2 rings (SSSR count). The maximum atomic E-state index is 11.0. The molecular weight excluding hydrogens is 216 g/mol. The topological polar surface area (TPSA) is 64.3 Å². The van der Waals surface area contributed by atoms with Crippen LogP contribution < -0.4 is 11.3 Å². The summed E-state index contributed by atoms with van der Waals surface area (Å²) < 4.78 is 5.91. The number of nitrogens with one attached hydrogen (secondary N) is 1. The highest BCUT2D eigenvalue weighted by Crippen LogP contribution is 2.41. The van der Waals surface area contributed by atoms with E-state index in [0.717, 1.165) is 11.8 Å². The SMILES string of the molecule is NNC(=O)CCOC1CCCC2CCCCC21. The highest BCUT2D eigenvalue weighted by Gasteiger charge is 2.35. The van der Waals surface area contributed by atoms with Crippen LogP contribution in [0.1, 0.15) is 51.4 Å². The number of carbonyl (C=O) groups is 1. The number of hydrogen-bond acceptors (Lipinski definition) is 3. The summed E-state index contributed by atoms with van der Waals surface area (Å²) in [5.74, 6) is 6.53. The number of rotatable bonds is 4. The minimum atomic E-state index is -0.138. The molecule has 0 spiro atoms. The van der Waals surface area contributed by atoms with Crippen molar-refractivity contribution in [3.8, 4) is 0 Å². The van der Waals surface area contributed by atoms with Gasteiger partial charge in [0.05, 0.1) is 19.1 Å². The fourth-order valence-electron chi connectivity index (χ4n) is 3.46. The van der Waals surface area contributed by atoms with Crippen molar-refractivity contribution in [2.45, 2.75) is 57.5 Å². The van der Waals surface area contributed by atoms with Gasteiger partial charge < -0.3 is 4.74 Å². The normalized spacial score (nSPS) is 32.9. The fraction of sp³-hybridized carbons (Fsp3) is 0.923. The molecule has 2 saturated carbocycles. The van der Waals surface area contributed by atoms with Gasteiger partial charge >= 0.3 is 0 Å². The van der Waals surface area contributed by atoms with Crippen molar-refractivity contribution in [1.29, 1.82) is 0 Å². The molecule has 0 heterocycles. The van der Waals surface area contributed by atoms with Crippen LogP contribution in [-0.4, -0.2) is 18.6 Å². The molecule has 0 saturated heterocycles. The third-order valence-corrected chi connectivity index (χ3v) is 4.33. The number of fused-ring (bicyclic) bond motifs is 1. The standard InChI is InChI=1S/C13H24N2O2/c14-15-13(16)8-9-17-12-7-3-5-10-4-1-2-6-11(10)12/h10-12H,1-9,14H2,(H,15,16). The van der Waals surface area contributed by atoms with E-state index in [4.69, 9.17) is 10.6 Å². The van der Waals surface area contributed by atoms with Crippen molar-refractivity contribution in [1.82, 2.24) is 5.43 Å². The molecule has 0 aromatic carbocycles. The second kappa shape index (κ2) is 6.36. The Morgan fingerprint density at radius 3 is 2.76 bits per heavy atom. The Morgan fingerprint density at radius 1 is 1.18 bits per heavy atom. The molecular formula is C13H24N2O2. The number of amides is 1. The van der Waals surface area contributed by atoms with E-state index < -0.39 is 0 Å². The summed E-state index contributed by atoms with van der Waals surface area (Å²) in [7, 11) is 0. The summed E-state index contributed by atoms with van der Waals surface area (Å²) >= 11 is 0. The number of carbonyl (C=O) groups excluding carboxylic acids is 1. The van der Waals surface area contributed by atoms with Gasteiger partial charge in [0.1, 0.15) is 0 Å². The number of hydrogen-bond donors (Lipinski definition) is 2. The average Bonchev–Trinajstić information content (AvgIpc) is 2.39. The summed E-state index contributed by atoms with van der Waals surface area (Å²) in [6.45, 7) is 0.511. The van der Waals surface area contributed by atoms with Crippen LogP contribution >= 0.6 is 0 Å². The van der Waals surface area contributed by atoms with Crippen LogP contribution in [0.25, 0.3) is 0 Å². The average molecular weight is 240 g/mol. The highest BCUT2D eigenvalue weighted by molar-refractivity contribution is 5.75. The molecule has 1 amide bonds. The first-order valence-electron chi connectivity index (χ1n) is 6.92. The Bertz CT molecular complexity index is 256. The highest BCUT2D eigenvalue weighted by atomic mass is 16.5. The van der Waals surface area contributed by atoms with Crippen LogP contribution in [0.15, 0.2) is 0 Å². The second-order valence-electron chi connectivity index (χ2n) is 5.37. The van der Waals surface area contributed by atoms with Crippen LogP contribution in [-0.2, 0) is 9.53 Å². The summed E-state index contributed by atoms with van der Waals surface area (Å²) in [5.41, 5.74) is 2.14. The Morgan fingerprint density at radius 2 is 1.94 bits per heavy atom. The molecule has 3 N–H and O–H groups in total. The van der Waals surface area contributed by atoms with Crippen LogP contribution in [0.3, 0.4) is 0 Å². The van der Waals surface area contributed by atoms with Gasteiger partial charge in [0, 0.05) is 0 Å². The van der Waals surface area contributed by atoms with Crippen molar-refractivity contribution in [2.24, 2.45) is 17.7 Å². The molecule has 2 aliphatic carbocycles. The lowest BCUT2D eigenvalue weighted by Crippen LogP contribution is -2.37. The van der Waals surface area contributed by atoms with Crippen molar-refractivity contribution in [2.75, 3.05) is 6.61 Å². The van der Waals surface area contributed by atoms with Crippen molar-refractivity contribution < 1.29 is 9.53 Å². The van der Waals surface area contributed by atoms with Crippen LogP contribution in [0, 0.1) is 11.8 Å². The van der Waals surface area contributed by atoms with Gasteiger partial charge in [0.25, 0.3) is 0 Å². The summed E-state index contributed by atoms with van der Waals surface area (Å²) in [6.07, 6.45) is 10.1. The van der Waals surface area contributed by atoms with Crippen LogP contribution in [0.4, 0.5) is 0 Å². The van der Waals surface area contributed by atoms with Crippen molar-refractivity contribution >= 4 is 5.91 Å². The Balaban J connectivity index is 1.76. The molecule has 0 aliphatic heterocycles. The van der Waals surface area contributed by atoms with Crippen LogP contribution in [0.5, 0.6) is 0 Å². The molecule has 4 nitrogen and oxygen atoms in total. The van der Waals surface area contributed by atoms with Crippen molar-refractivity contribution in [3.63, 3.8) is 0 Å².